The summed E-state index contributed by atoms with van der Waals surface area (Å²) in [5.41, 5.74) is 0.649. The van der Waals surface area contributed by atoms with Gasteiger partial charge in [0.25, 0.3) is 5.91 Å². The Morgan fingerprint density at radius 3 is 2.00 bits per heavy atom. The van der Waals surface area contributed by atoms with Crippen LogP contribution in [0.1, 0.15) is 72.5 Å². The third-order valence-corrected chi connectivity index (χ3v) is 11.0. The average Bonchev–Trinajstić information content (AvgIpc) is 3.61. The average molecular weight is 692 g/mol. The Morgan fingerprint density at radius 1 is 0.875 bits per heavy atom. The largest absolute Gasteiger partial charge is 0.489 e. The molecule has 0 saturated heterocycles. The normalized spacial score (nSPS) is 13.4. The third-order valence-electron chi connectivity index (χ3n) is 8.81. The Kier molecular flexibility index (Phi) is 9.42. The van der Waals surface area contributed by atoms with Gasteiger partial charge in [-0.1, -0.05) is 76.6 Å². The number of hydrogen-bond donors (Lipinski definition) is 2. The number of aromatic amines is 1. The number of sulfone groups is 1. The van der Waals surface area contributed by atoms with Crippen molar-refractivity contribution in [2.45, 2.75) is 94.3 Å². The van der Waals surface area contributed by atoms with Crippen molar-refractivity contribution in [3.8, 4) is 11.5 Å². The van der Waals surface area contributed by atoms with Crippen LogP contribution in [-0.4, -0.2) is 45.8 Å². The van der Waals surface area contributed by atoms with Gasteiger partial charge in [-0.15, -0.1) is 10.2 Å². The molecule has 0 fully saturated rings. The summed E-state index contributed by atoms with van der Waals surface area (Å²) in [5.74, 6) is 1.19. The van der Waals surface area contributed by atoms with E-state index in [1.807, 2.05) is 58.0 Å². The second-order valence-electron chi connectivity index (χ2n) is 14.0. The molecule has 2 aromatic heterocycles. The van der Waals surface area contributed by atoms with Crippen LogP contribution >= 0.6 is 11.6 Å². The predicted molar refractivity (Wildman–Crippen MR) is 185 cm³/mol. The molecule has 2 heterocycles. The fraction of sp³-hybridized carbons (Fsp3) is 0.361. The summed E-state index contributed by atoms with van der Waals surface area (Å²) < 4.78 is 40.1. The first-order valence-corrected chi connectivity index (χ1v) is 17.5. The Labute approximate surface area is 286 Å². The molecule has 48 heavy (non-hydrogen) atoms. The minimum Gasteiger partial charge on any atom is -0.489 e. The van der Waals surface area contributed by atoms with Gasteiger partial charge in [0, 0.05) is 16.4 Å². The zero-order valence-corrected chi connectivity index (χ0v) is 30.0. The van der Waals surface area contributed by atoms with Crippen molar-refractivity contribution in [3.05, 3.63) is 101 Å². The Hall–Kier alpha value is -4.35. The van der Waals surface area contributed by atoms with Gasteiger partial charge in [-0.2, -0.15) is 0 Å². The van der Waals surface area contributed by atoms with Crippen LogP contribution in [-0.2, 0) is 32.1 Å². The molecule has 254 valence electrons. The molecule has 0 radical (unpaired) electrons. The first kappa shape index (κ1) is 35.0. The van der Waals surface area contributed by atoms with Gasteiger partial charge in [-0.3, -0.25) is 9.89 Å². The van der Waals surface area contributed by atoms with Gasteiger partial charge in [-0.05, 0) is 74.9 Å². The van der Waals surface area contributed by atoms with Crippen molar-refractivity contribution in [1.82, 2.24) is 25.1 Å². The summed E-state index contributed by atoms with van der Waals surface area (Å²) in [6.45, 7) is 16.0. The quantitative estimate of drug-likeness (QED) is 0.152. The lowest BCUT2D eigenvalue weighted by Crippen LogP contribution is -2.58. The van der Waals surface area contributed by atoms with Gasteiger partial charge in [-0.25, -0.2) is 12.9 Å². The molecule has 5 aromatic rings. The van der Waals surface area contributed by atoms with E-state index in [2.05, 4.69) is 41.4 Å². The van der Waals surface area contributed by atoms with Crippen LogP contribution in [0.25, 0.3) is 5.65 Å². The van der Waals surface area contributed by atoms with E-state index in [4.69, 9.17) is 21.1 Å². The van der Waals surface area contributed by atoms with Gasteiger partial charge in [0.05, 0.1) is 15.5 Å². The number of benzene rings is 3. The number of nitrogens with zero attached hydrogens (tertiary/aromatic N) is 3. The van der Waals surface area contributed by atoms with Gasteiger partial charge >= 0.3 is 0 Å². The molecule has 10 nitrogen and oxygen atoms in total. The maximum atomic E-state index is 13.4. The van der Waals surface area contributed by atoms with E-state index < -0.39 is 26.9 Å². The molecular weight excluding hydrogens is 650 g/mol. The fourth-order valence-electron chi connectivity index (χ4n) is 5.10. The number of nitrogens with one attached hydrogen (secondary N) is 2. The number of hydrogen-bond acceptors (Lipinski definition) is 7. The van der Waals surface area contributed by atoms with Crippen LogP contribution in [0.4, 0.5) is 0 Å². The summed E-state index contributed by atoms with van der Waals surface area (Å²) in [5, 5.41) is 15.7. The first-order chi connectivity index (χ1) is 22.4. The highest BCUT2D eigenvalue weighted by Crippen LogP contribution is 2.37. The monoisotopic (exact) mass is 691 g/mol. The molecule has 5 rings (SSSR count). The Balaban J connectivity index is 1.23. The van der Waals surface area contributed by atoms with Crippen molar-refractivity contribution in [1.29, 1.82) is 0 Å². The van der Waals surface area contributed by atoms with Crippen LogP contribution in [0, 0.1) is 0 Å². The molecule has 3 aromatic carbocycles. The maximum absolute atomic E-state index is 13.4. The predicted octanol–water partition coefficient (Wildman–Crippen LogP) is 7.06. The smallest absolute Gasteiger partial charge is 0.261 e. The number of fused-ring (bicyclic) bond motifs is 1. The number of H-pyrrole nitrogens is 1. The molecule has 1 amide bonds. The number of carbonyl (C=O) groups excluding carboxylic acids is 1. The molecule has 0 aliphatic rings. The molecule has 0 saturated carbocycles. The highest BCUT2D eigenvalue weighted by Gasteiger charge is 2.44. The van der Waals surface area contributed by atoms with Gasteiger partial charge in [0.2, 0.25) is 9.84 Å². The van der Waals surface area contributed by atoms with Gasteiger partial charge in [0.1, 0.15) is 23.1 Å². The Morgan fingerprint density at radius 2 is 1.44 bits per heavy atom. The van der Waals surface area contributed by atoms with E-state index >= 15 is 0 Å². The van der Waals surface area contributed by atoms with Crippen LogP contribution in [0.3, 0.4) is 0 Å². The molecule has 0 spiro atoms. The van der Waals surface area contributed by atoms with Crippen molar-refractivity contribution in [2.75, 3.05) is 0 Å². The second kappa shape index (κ2) is 12.9. The molecule has 12 heteroatoms. The number of halogens is 1. The van der Waals surface area contributed by atoms with Crippen LogP contribution in [0.5, 0.6) is 11.5 Å². The van der Waals surface area contributed by atoms with E-state index in [1.165, 1.54) is 36.4 Å². The number of rotatable bonds is 11. The lowest BCUT2D eigenvalue weighted by molar-refractivity contribution is -0.129. The van der Waals surface area contributed by atoms with Crippen molar-refractivity contribution in [3.63, 3.8) is 0 Å². The summed E-state index contributed by atoms with van der Waals surface area (Å²) in [4.78, 5) is 13.6. The van der Waals surface area contributed by atoms with Gasteiger partial charge < -0.3 is 14.8 Å². The molecule has 1 atom stereocenters. The first-order valence-electron chi connectivity index (χ1n) is 15.7. The number of ether oxygens (including phenoxy) is 2. The van der Waals surface area contributed by atoms with E-state index in [1.54, 1.807) is 23.6 Å². The summed E-state index contributed by atoms with van der Waals surface area (Å²) >= 11 is 6.64. The minimum atomic E-state index is -3.79. The molecule has 0 bridgehead atoms. The fourth-order valence-corrected chi connectivity index (χ4v) is 6.81. The molecule has 0 aliphatic heterocycles. The highest BCUT2D eigenvalue weighted by molar-refractivity contribution is 7.91. The zero-order valence-electron chi connectivity index (χ0n) is 28.5. The molecule has 1 unspecified atom stereocenters. The number of amides is 1. The van der Waals surface area contributed by atoms with Crippen molar-refractivity contribution < 1.29 is 22.7 Å². The van der Waals surface area contributed by atoms with Crippen LogP contribution in [0.15, 0.2) is 88.7 Å². The maximum Gasteiger partial charge on any atom is 0.261 e. The van der Waals surface area contributed by atoms with Crippen molar-refractivity contribution in [2.24, 2.45) is 0 Å². The minimum absolute atomic E-state index is 0.103. The Bertz CT molecular complexity index is 2010. The standard InChI is InChI=1S/C36H42ClN5O5S/c1-23(32(43)38-36(7,8)35(5,6)33-40-39-31-29(37)30(34(2,3)4)41-42(31)33)47-26-16-20-28(21-17-26)48(44,45)27-18-14-25(15-19-27)46-22-24-12-10-9-11-13-24/h9-21,23,41H,22H2,1-8H3,(H,38,43). The number of carbonyl (C=O) groups is 1. The molecule has 0 aliphatic carbocycles. The van der Waals surface area contributed by atoms with Crippen LogP contribution < -0.4 is 14.8 Å². The van der Waals surface area contributed by atoms with Crippen LogP contribution in [0.2, 0.25) is 5.02 Å². The van der Waals surface area contributed by atoms with E-state index in [0.717, 1.165) is 11.3 Å². The van der Waals surface area contributed by atoms with Gasteiger partial charge in [0.15, 0.2) is 17.6 Å². The van der Waals surface area contributed by atoms with E-state index in [9.17, 15) is 13.2 Å². The third kappa shape index (κ3) is 6.93. The second-order valence-corrected chi connectivity index (χ2v) is 16.3. The summed E-state index contributed by atoms with van der Waals surface area (Å²) in [6, 6.07) is 22.0. The SMILES string of the molecule is CC(Oc1ccc(S(=O)(=O)c2ccc(OCc3ccccc3)cc2)cc1)C(=O)NC(C)(C)C(C)(C)c1nnc2c(Cl)c(C(C)(C)C)[nH]n12. The zero-order chi connectivity index (χ0) is 35.1. The number of aromatic nitrogens is 4. The van der Waals surface area contributed by atoms with E-state index in [-0.39, 0.29) is 21.1 Å². The van der Waals surface area contributed by atoms with E-state index in [0.29, 0.717) is 34.6 Å². The summed E-state index contributed by atoms with van der Waals surface area (Å²) in [7, 11) is -3.79. The molecular formula is C36H42ClN5O5S. The topological polar surface area (TPSA) is 128 Å². The highest BCUT2D eigenvalue weighted by atomic mass is 35.5. The lowest BCUT2D eigenvalue weighted by Gasteiger charge is -2.41. The van der Waals surface area contributed by atoms with Crippen molar-refractivity contribution >= 4 is 33.0 Å². The lowest BCUT2D eigenvalue weighted by atomic mass is 9.73. The summed E-state index contributed by atoms with van der Waals surface area (Å²) in [6.07, 6.45) is -0.878. The molecule has 2 N–H and O–H groups in total.